The molecule has 1 aromatic carbocycles. The van der Waals surface area contributed by atoms with Crippen molar-refractivity contribution in [3.8, 4) is 23.2 Å². The van der Waals surface area contributed by atoms with Crippen molar-refractivity contribution in [2.45, 2.75) is 45.4 Å². The van der Waals surface area contributed by atoms with Crippen molar-refractivity contribution in [1.82, 2.24) is 9.97 Å². The Morgan fingerprint density at radius 3 is 2.40 bits per heavy atom. The largest absolute Gasteiger partial charge is 0.235 e. The summed E-state index contributed by atoms with van der Waals surface area (Å²) in [7, 11) is 0. The van der Waals surface area contributed by atoms with E-state index in [0.717, 1.165) is 23.6 Å². The molecule has 25 heavy (non-hydrogen) atoms. The van der Waals surface area contributed by atoms with Crippen molar-refractivity contribution in [3.63, 3.8) is 0 Å². The van der Waals surface area contributed by atoms with Gasteiger partial charge in [-0.25, -0.2) is 18.7 Å². The highest BCUT2D eigenvalue weighted by atomic mass is 19.2. The van der Waals surface area contributed by atoms with Gasteiger partial charge < -0.3 is 0 Å². The van der Waals surface area contributed by atoms with Crippen molar-refractivity contribution < 1.29 is 8.78 Å². The molecule has 1 fully saturated rings. The van der Waals surface area contributed by atoms with Crippen LogP contribution in [0.3, 0.4) is 0 Å². The molecule has 0 saturated heterocycles. The van der Waals surface area contributed by atoms with Gasteiger partial charge in [0.05, 0.1) is 5.56 Å². The topological polar surface area (TPSA) is 25.8 Å². The van der Waals surface area contributed by atoms with Gasteiger partial charge in [0.15, 0.2) is 17.5 Å². The van der Waals surface area contributed by atoms with Crippen LogP contribution >= 0.6 is 0 Å². The molecule has 0 N–H and O–H groups in total. The molecule has 0 unspecified atom stereocenters. The van der Waals surface area contributed by atoms with Crippen LogP contribution < -0.4 is 0 Å². The first kappa shape index (κ1) is 17.5. The molecule has 0 radical (unpaired) electrons. The zero-order chi connectivity index (χ0) is 17.6. The zero-order valence-corrected chi connectivity index (χ0v) is 14.4. The van der Waals surface area contributed by atoms with Gasteiger partial charge in [0, 0.05) is 23.9 Å². The highest BCUT2D eigenvalue weighted by Gasteiger charge is 2.18. The zero-order valence-electron chi connectivity index (χ0n) is 14.4. The molecule has 2 aromatic rings. The van der Waals surface area contributed by atoms with Gasteiger partial charge in [0.1, 0.15) is 0 Å². The van der Waals surface area contributed by atoms with Crippen molar-refractivity contribution >= 4 is 0 Å². The molecule has 1 saturated carbocycles. The van der Waals surface area contributed by atoms with Crippen LogP contribution in [0.15, 0.2) is 30.6 Å². The minimum absolute atomic E-state index is 0.365. The fourth-order valence-electron chi connectivity index (χ4n) is 3.37. The van der Waals surface area contributed by atoms with Gasteiger partial charge in [0.2, 0.25) is 0 Å². The lowest BCUT2D eigenvalue weighted by Gasteiger charge is -2.25. The van der Waals surface area contributed by atoms with Gasteiger partial charge in [-0.2, -0.15) is 0 Å². The lowest BCUT2D eigenvalue weighted by Crippen LogP contribution is -2.13. The van der Waals surface area contributed by atoms with Crippen LogP contribution in [0.1, 0.15) is 51.0 Å². The first-order valence-electron chi connectivity index (χ1n) is 8.94. The monoisotopic (exact) mass is 340 g/mol. The Morgan fingerprint density at radius 2 is 1.76 bits per heavy atom. The Bertz CT molecular complexity index is 767. The van der Waals surface area contributed by atoms with E-state index in [1.54, 1.807) is 12.4 Å². The SMILES string of the molecule is CCCC1CCC(C#Cc2cnc(-c3ccc(F)c(F)c3)nc2)CC1. The van der Waals surface area contributed by atoms with Gasteiger partial charge in [-0.05, 0) is 49.8 Å². The predicted octanol–water partition coefficient (Wildman–Crippen LogP) is 5.38. The van der Waals surface area contributed by atoms with E-state index < -0.39 is 11.6 Å². The Labute approximate surface area is 147 Å². The summed E-state index contributed by atoms with van der Waals surface area (Å²) in [6.45, 7) is 2.25. The van der Waals surface area contributed by atoms with Crippen LogP contribution in [-0.4, -0.2) is 9.97 Å². The van der Waals surface area contributed by atoms with E-state index >= 15 is 0 Å². The van der Waals surface area contributed by atoms with E-state index in [2.05, 4.69) is 28.7 Å². The van der Waals surface area contributed by atoms with Crippen LogP contribution in [0.25, 0.3) is 11.4 Å². The highest BCUT2D eigenvalue weighted by Crippen LogP contribution is 2.31. The third-order valence-electron chi connectivity index (χ3n) is 4.79. The fourth-order valence-corrected chi connectivity index (χ4v) is 3.37. The molecule has 2 nitrogen and oxygen atoms in total. The molecule has 1 heterocycles. The average Bonchev–Trinajstić information content (AvgIpc) is 2.64. The second-order valence-corrected chi connectivity index (χ2v) is 6.70. The summed E-state index contributed by atoms with van der Waals surface area (Å²) >= 11 is 0. The summed E-state index contributed by atoms with van der Waals surface area (Å²) in [4.78, 5) is 8.43. The van der Waals surface area contributed by atoms with Gasteiger partial charge in [-0.1, -0.05) is 31.6 Å². The molecule has 130 valence electrons. The Morgan fingerprint density at radius 1 is 1.04 bits per heavy atom. The third-order valence-corrected chi connectivity index (χ3v) is 4.79. The quantitative estimate of drug-likeness (QED) is 0.701. The smallest absolute Gasteiger partial charge is 0.159 e. The summed E-state index contributed by atoms with van der Waals surface area (Å²) < 4.78 is 26.3. The Hall–Kier alpha value is -2.28. The van der Waals surface area contributed by atoms with Crippen LogP contribution in [0, 0.1) is 35.3 Å². The van der Waals surface area contributed by atoms with E-state index in [0.29, 0.717) is 17.3 Å². The molecule has 4 heteroatoms. The molecule has 1 aromatic heterocycles. The van der Waals surface area contributed by atoms with Gasteiger partial charge in [0.25, 0.3) is 0 Å². The van der Waals surface area contributed by atoms with Crippen molar-refractivity contribution in [2.75, 3.05) is 0 Å². The number of rotatable bonds is 3. The van der Waals surface area contributed by atoms with Gasteiger partial charge in [-0.15, -0.1) is 0 Å². The predicted molar refractivity (Wildman–Crippen MR) is 94.6 cm³/mol. The minimum atomic E-state index is -0.899. The fraction of sp³-hybridized carbons (Fsp3) is 0.429. The molecule has 1 aliphatic carbocycles. The van der Waals surface area contributed by atoms with Gasteiger partial charge in [-0.3, -0.25) is 0 Å². The molecular weight excluding hydrogens is 318 g/mol. The minimum Gasteiger partial charge on any atom is -0.235 e. The molecule has 0 atom stereocenters. The standard InChI is InChI=1S/C21H22F2N2/c1-2-3-15-4-6-16(7-5-15)8-9-17-13-24-21(25-14-17)18-10-11-19(22)20(23)12-18/h10-16H,2-7H2,1H3. The highest BCUT2D eigenvalue weighted by molar-refractivity contribution is 5.55. The van der Waals surface area contributed by atoms with E-state index in [9.17, 15) is 8.78 Å². The maximum absolute atomic E-state index is 13.3. The lowest BCUT2D eigenvalue weighted by molar-refractivity contribution is 0.300. The lowest BCUT2D eigenvalue weighted by atomic mass is 9.80. The van der Waals surface area contributed by atoms with E-state index in [-0.39, 0.29) is 0 Å². The van der Waals surface area contributed by atoms with E-state index in [1.165, 1.54) is 44.6 Å². The molecule has 0 amide bonds. The summed E-state index contributed by atoms with van der Waals surface area (Å²) in [5, 5.41) is 0. The van der Waals surface area contributed by atoms with Crippen LogP contribution in [0.2, 0.25) is 0 Å². The first-order chi connectivity index (χ1) is 12.2. The summed E-state index contributed by atoms with van der Waals surface area (Å²) in [5.74, 6) is 6.41. The Balaban J connectivity index is 1.63. The summed E-state index contributed by atoms with van der Waals surface area (Å²) in [6.07, 6.45) is 10.8. The molecule has 0 bridgehead atoms. The number of aromatic nitrogens is 2. The van der Waals surface area contributed by atoms with E-state index in [4.69, 9.17) is 0 Å². The number of halogens is 2. The normalized spacial score (nSPS) is 20.0. The molecule has 1 aliphatic rings. The Kier molecular flexibility index (Phi) is 5.75. The van der Waals surface area contributed by atoms with Crippen molar-refractivity contribution in [2.24, 2.45) is 11.8 Å². The molecule has 0 spiro atoms. The van der Waals surface area contributed by atoms with Crippen LogP contribution in [0.4, 0.5) is 8.78 Å². The van der Waals surface area contributed by atoms with Crippen molar-refractivity contribution in [1.29, 1.82) is 0 Å². The molecule has 3 rings (SSSR count). The van der Waals surface area contributed by atoms with Crippen molar-refractivity contribution in [3.05, 3.63) is 47.8 Å². The number of hydrogen-bond donors (Lipinski definition) is 0. The molecule has 0 aliphatic heterocycles. The average molecular weight is 340 g/mol. The maximum atomic E-state index is 13.3. The second kappa shape index (κ2) is 8.20. The number of benzene rings is 1. The number of nitrogens with zero attached hydrogens (tertiary/aromatic N) is 2. The summed E-state index contributed by atoms with van der Waals surface area (Å²) in [6, 6.07) is 3.65. The van der Waals surface area contributed by atoms with Crippen LogP contribution in [0.5, 0.6) is 0 Å². The van der Waals surface area contributed by atoms with Gasteiger partial charge >= 0.3 is 0 Å². The number of hydrogen-bond acceptors (Lipinski definition) is 2. The van der Waals surface area contributed by atoms with E-state index in [1.807, 2.05) is 0 Å². The maximum Gasteiger partial charge on any atom is 0.159 e. The summed E-state index contributed by atoms with van der Waals surface area (Å²) in [5.41, 5.74) is 1.20. The first-order valence-corrected chi connectivity index (χ1v) is 8.94. The second-order valence-electron chi connectivity index (χ2n) is 6.70. The van der Waals surface area contributed by atoms with Crippen LogP contribution in [-0.2, 0) is 0 Å². The molecular formula is C21H22F2N2. The third kappa shape index (κ3) is 4.63.